The Morgan fingerprint density at radius 3 is 2.65 bits per heavy atom. The first-order valence-corrected chi connectivity index (χ1v) is 5.28. The van der Waals surface area contributed by atoms with E-state index < -0.39 is 0 Å². The summed E-state index contributed by atoms with van der Waals surface area (Å²) in [5.74, 6) is -0.155. The molecule has 1 aromatic carbocycles. The minimum atomic E-state index is -0.155. The van der Waals surface area contributed by atoms with Gasteiger partial charge < -0.3 is 9.88 Å². The van der Waals surface area contributed by atoms with Crippen molar-refractivity contribution in [3.05, 3.63) is 33.8 Å². The molecular formula is C11H10ClN3O2. The normalized spacial score (nSPS) is 10.5. The van der Waals surface area contributed by atoms with Crippen molar-refractivity contribution in [2.45, 2.75) is 0 Å². The van der Waals surface area contributed by atoms with E-state index in [1.165, 1.54) is 11.0 Å². The summed E-state index contributed by atoms with van der Waals surface area (Å²) in [6.45, 7) is 0. The first-order chi connectivity index (χ1) is 8.02. The van der Waals surface area contributed by atoms with E-state index in [2.05, 4.69) is 10.2 Å². The smallest absolute Gasteiger partial charge is 0.269 e. The Labute approximate surface area is 102 Å². The molecule has 0 aliphatic carbocycles. The van der Waals surface area contributed by atoms with Crippen molar-refractivity contribution in [3.63, 3.8) is 0 Å². The van der Waals surface area contributed by atoms with Crippen molar-refractivity contribution in [2.75, 3.05) is 14.1 Å². The fourth-order valence-electron chi connectivity index (χ4n) is 1.59. The van der Waals surface area contributed by atoms with Crippen LogP contribution in [0.5, 0.6) is 0 Å². The van der Waals surface area contributed by atoms with Crippen molar-refractivity contribution >= 4 is 34.1 Å². The molecule has 5 nitrogen and oxygen atoms in total. The number of hydrogen-bond acceptors (Lipinski definition) is 3. The summed E-state index contributed by atoms with van der Waals surface area (Å²) in [5, 5.41) is 3.89. The molecule has 0 bridgehead atoms. The molecule has 2 rings (SSSR count). The van der Waals surface area contributed by atoms with Gasteiger partial charge in [0.05, 0.1) is 10.5 Å². The molecule has 17 heavy (non-hydrogen) atoms. The van der Waals surface area contributed by atoms with E-state index in [-0.39, 0.29) is 11.6 Å². The van der Waals surface area contributed by atoms with Gasteiger partial charge in [0.25, 0.3) is 5.91 Å². The summed E-state index contributed by atoms with van der Waals surface area (Å²) in [6, 6.07) is 4.69. The van der Waals surface area contributed by atoms with Crippen LogP contribution in [0, 0.1) is 4.91 Å². The molecule has 1 aromatic heterocycles. The van der Waals surface area contributed by atoms with Crippen LogP contribution >= 0.6 is 11.6 Å². The number of amides is 1. The van der Waals surface area contributed by atoms with Crippen molar-refractivity contribution in [1.29, 1.82) is 0 Å². The van der Waals surface area contributed by atoms with Crippen molar-refractivity contribution in [1.82, 2.24) is 9.88 Å². The summed E-state index contributed by atoms with van der Waals surface area (Å²) in [6.07, 6.45) is 0. The topological polar surface area (TPSA) is 65.5 Å². The predicted octanol–water partition coefficient (Wildman–Crippen LogP) is 2.92. The number of nitrogens with zero attached hydrogens (tertiary/aromatic N) is 2. The van der Waals surface area contributed by atoms with E-state index in [0.29, 0.717) is 21.6 Å². The van der Waals surface area contributed by atoms with Crippen LogP contribution in [0.1, 0.15) is 10.5 Å². The van der Waals surface area contributed by atoms with Gasteiger partial charge >= 0.3 is 0 Å². The monoisotopic (exact) mass is 251 g/mol. The summed E-state index contributed by atoms with van der Waals surface area (Å²) >= 11 is 5.98. The number of nitrogens with one attached hydrogen (secondary N) is 1. The minimum Gasteiger partial charge on any atom is -0.349 e. The number of aromatic amines is 1. The van der Waals surface area contributed by atoms with Gasteiger partial charge in [0.2, 0.25) is 0 Å². The highest BCUT2D eigenvalue weighted by molar-refractivity contribution is 6.35. The summed E-state index contributed by atoms with van der Waals surface area (Å²) in [7, 11) is 3.32. The second-order valence-electron chi connectivity index (χ2n) is 3.87. The average molecular weight is 252 g/mol. The highest BCUT2D eigenvalue weighted by Gasteiger charge is 2.13. The van der Waals surface area contributed by atoms with Crippen LogP contribution in [0.4, 0.5) is 5.69 Å². The molecule has 0 saturated heterocycles. The molecule has 0 atom stereocenters. The first kappa shape index (κ1) is 11.6. The molecule has 88 valence electrons. The van der Waals surface area contributed by atoms with Gasteiger partial charge in [0.15, 0.2) is 0 Å². The van der Waals surface area contributed by atoms with Crippen LogP contribution < -0.4 is 0 Å². The Kier molecular flexibility index (Phi) is 2.85. The Morgan fingerprint density at radius 1 is 1.35 bits per heavy atom. The summed E-state index contributed by atoms with van der Waals surface area (Å²) in [4.78, 5) is 26.6. The van der Waals surface area contributed by atoms with Gasteiger partial charge in [0.1, 0.15) is 11.4 Å². The third-order valence-electron chi connectivity index (χ3n) is 2.41. The van der Waals surface area contributed by atoms with Crippen molar-refractivity contribution in [3.8, 4) is 0 Å². The Bertz CT molecular complexity index is 604. The van der Waals surface area contributed by atoms with Crippen LogP contribution in [-0.4, -0.2) is 29.9 Å². The number of H-pyrrole nitrogens is 1. The number of aromatic nitrogens is 1. The maximum absolute atomic E-state index is 11.7. The first-order valence-electron chi connectivity index (χ1n) is 4.90. The maximum atomic E-state index is 11.7. The molecule has 0 unspecified atom stereocenters. The SMILES string of the molecule is CN(C)C(=O)c1cc2cc(N=O)cc(Cl)c2[nH]1. The molecule has 1 amide bonds. The van der Waals surface area contributed by atoms with Crippen LogP contribution in [0.15, 0.2) is 23.4 Å². The Hall–Kier alpha value is -1.88. The largest absolute Gasteiger partial charge is 0.349 e. The highest BCUT2D eigenvalue weighted by atomic mass is 35.5. The van der Waals surface area contributed by atoms with E-state index in [9.17, 15) is 9.70 Å². The van der Waals surface area contributed by atoms with Crippen molar-refractivity contribution < 1.29 is 4.79 Å². The van der Waals surface area contributed by atoms with Gasteiger partial charge in [-0.2, -0.15) is 0 Å². The quantitative estimate of drug-likeness (QED) is 0.834. The zero-order chi connectivity index (χ0) is 12.6. The van der Waals surface area contributed by atoms with Gasteiger partial charge in [0, 0.05) is 19.5 Å². The van der Waals surface area contributed by atoms with Gasteiger partial charge in [-0.25, -0.2) is 0 Å². The number of carbonyl (C=O) groups excluding carboxylic acids is 1. The molecule has 0 radical (unpaired) electrons. The Balaban J connectivity index is 2.61. The van der Waals surface area contributed by atoms with E-state index in [1.54, 1.807) is 26.2 Å². The van der Waals surface area contributed by atoms with Gasteiger partial charge in [-0.3, -0.25) is 4.79 Å². The molecule has 0 spiro atoms. The van der Waals surface area contributed by atoms with Crippen LogP contribution in [0.3, 0.4) is 0 Å². The molecule has 0 saturated carbocycles. The fourth-order valence-corrected chi connectivity index (χ4v) is 1.86. The average Bonchev–Trinajstić information content (AvgIpc) is 2.71. The zero-order valence-electron chi connectivity index (χ0n) is 9.32. The molecule has 0 fully saturated rings. The lowest BCUT2D eigenvalue weighted by Crippen LogP contribution is -2.21. The van der Waals surface area contributed by atoms with Crippen molar-refractivity contribution in [2.24, 2.45) is 5.18 Å². The van der Waals surface area contributed by atoms with E-state index in [0.717, 1.165) is 0 Å². The lowest BCUT2D eigenvalue weighted by atomic mass is 10.2. The third kappa shape index (κ3) is 2.01. The molecule has 0 aliphatic heterocycles. The molecular weight excluding hydrogens is 242 g/mol. The van der Waals surface area contributed by atoms with E-state index in [1.807, 2.05) is 0 Å². The second-order valence-corrected chi connectivity index (χ2v) is 4.27. The highest BCUT2D eigenvalue weighted by Crippen LogP contribution is 2.29. The second kappa shape index (κ2) is 4.18. The number of benzene rings is 1. The number of rotatable bonds is 2. The zero-order valence-corrected chi connectivity index (χ0v) is 10.1. The Morgan fingerprint density at radius 2 is 2.06 bits per heavy atom. The number of nitroso groups, excluding NO2 is 1. The fraction of sp³-hybridized carbons (Fsp3) is 0.182. The van der Waals surface area contributed by atoms with Gasteiger partial charge in [-0.15, -0.1) is 4.91 Å². The predicted molar refractivity (Wildman–Crippen MR) is 66.8 cm³/mol. The molecule has 1 heterocycles. The van der Waals surface area contributed by atoms with Gasteiger partial charge in [-0.05, 0) is 23.4 Å². The molecule has 0 aliphatic rings. The minimum absolute atomic E-state index is 0.155. The molecule has 2 aromatic rings. The molecule has 6 heteroatoms. The van der Waals surface area contributed by atoms with E-state index >= 15 is 0 Å². The third-order valence-corrected chi connectivity index (χ3v) is 2.71. The van der Waals surface area contributed by atoms with Crippen LogP contribution in [0.25, 0.3) is 10.9 Å². The number of fused-ring (bicyclic) bond motifs is 1. The lowest BCUT2D eigenvalue weighted by molar-refractivity contribution is 0.0823. The number of halogens is 1. The summed E-state index contributed by atoms with van der Waals surface area (Å²) < 4.78 is 0. The van der Waals surface area contributed by atoms with Crippen LogP contribution in [-0.2, 0) is 0 Å². The van der Waals surface area contributed by atoms with E-state index in [4.69, 9.17) is 11.6 Å². The lowest BCUT2D eigenvalue weighted by Gasteiger charge is -2.07. The van der Waals surface area contributed by atoms with Gasteiger partial charge in [-0.1, -0.05) is 11.6 Å². The summed E-state index contributed by atoms with van der Waals surface area (Å²) in [5.41, 5.74) is 1.30. The standard InChI is InChI=1S/C11H10ClN3O2/c1-15(2)11(16)9-4-6-3-7(14-17)5-8(12)10(6)13-9/h3-5,13H,1-2H3. The number of carbonyl (C=O) groups is 1. The van der Waals surface area contributed by atoms with Crippen LogP contribution in [0.2, 0.25) is 5.02 Å². The number of hydrogen-bond donors (Lipinski definition) is 1. The maximum Gasteiger partial charge on any atom is 0.269 e. The molecule has 1 N–H and O–H groups in total.